The highest BCUT2D eigenvalue weighted by Crippen LogP contribution is 2.28. The Kier molecular flexibility index (Phi) is 4.94. The topological polar surface area (TPSA) is 51.7 Å². The lowest BCUT2D eigenvalue weighted by molar-refractivity contribution is 0.0743. The number of fused-ring (bicyclic) bond motifs is 1. The second-order valence-electron chi connectivity index (χ2n) is 6.12. The van der Waals surface area contributed by atoms with E-state index < -0.39 is 0 Å². The van der Waals surface area contributed by atoms with Crippen LogP contribution in [0.3, 0.4) is 0 Å². The molecule has 3 aromatic rings. The third-order valence-electron chi connectivity index (χ3n) is 4.19. The van der Waals surface area contributed by atoms with Gasteiger partial charge in [-0.15, -0.1) is 0 Å². The van der Waals surface area contributed by atoms with E-state index in [1.165, 1.54) is 0 Å². The molecule has 2 aromatic carbocycles. The fourth-order valence-corrected chi connectivity index (χ4v) is 3.06. The molecule has 0 saturated carbocycles. The molecule has 1 aliphatic heterocycles. The normalized spacial score (nSPS) is 13.5. The third-order valence-corrected chi connectivity index (χ3v) is 4.42. The van der Waals surface area contributed by atoms with E-state index in [1.807, 2.05) is 30.3 Å². The van der Waals surface area contributed by atoms with Crippen LogP contribution < -0.4 is 9.47 Å². The number of carbonyl (C=O) groups excluding carboxylic acids is 1. The molecule has 2 heterocycles. The minimum atomic E-state index is -0.104. The molecule has 0 saturated heterocycles. The number of carbonyl (C=O) groups is 1. The first-order valence-electron chi connectivity index (χ1n) is 8.59. The number of halogens is 1. The van der Waals surface area contributed by atoms with Crippen LogP contribution in [0.1, 0.15) is 15.9 Å². The smallest absolute Gasteiger partial charge is 0.259 e. The fraction of sp³-hybridized carbons (Fsp3) is 0.143. The molecule has 0 atom stereocenters. The Morgan fingerprint density at radius 1 is 1.07 bits per heavy atom. The van der Waals surface area contributed by atoms with Crippen LogP contribution in [0.25, 0.3) is 0 Å². The largest absolute Gasteiger partial charge is 0.475 e. The zero-order valence-corrected chi connectivity index (χ0v) is 15.2. The molecule has 0 fully saturated rings. The van der Waals surface area contributed by atoms with Gasteiger partial charge in [0, 0.05) is 17.6 Å². The summed E-state index contributed by atoms with van der Waals surface area (Å²) in [5, 5.41) is 0.574. The zero-order chi connectivity index (χ0) is 18.6. The Balaban J connectivity index is 1.55. The summed E-state index contributed by atoms with van der Waals surface area (Å²) in [6.07, 6.45) is 0. The van der Waals surface area contributed by atoms with Crippen LogP contribution >= 0.6 is 11.6 Å². The molecule has 1 amide bonds. The van der Waals surface area contributed by atoms with Crippen molar-refractivity contribution in [2.45, 2.75) is 6.54 Å². The number of benzene rings is 2. The summed E-state index contributed by atoms with van der Waals surface area (Å²) < 4.78 is 11.4. The highest BCUT2D eigenvalue weighted by Gasteiger charge is 2.25. The number of pyridine rings is 1. The maximum atomic E-state index is 12.9. The summed E-state index contributed by atoms with van der Waals surface area (Å²) in [5.41, 5.74) is 1.50. The van der Waals surface area contributed by atoms with E-state index in [4.69, 9.17) is 21.1 Å². The number of nitrogens with zero attached hydrogens (tertiary/aromatic N) is 2. The van der Waals surface area contributed by atoms with Gasteiger partial charge < -0.3 is 14.4 Å². The quantitative estimate of drug-likeness (QED) is 0.665. The van der Waals surface area contributed by atoms with Crippen LogP contribution in [0, 0.1) is 0 Å². The van der Waals surface area contributed by atoms with Gasteiger partial charge in [-0.05, 0) is 29.8 Å². The van der Waals surface area contributed by atoms with Crippen molar-refractivity contribution in [1.82, 2.24) is 9.88 Å². The standard InChI is InChI=1S/C21H17ClN2O3/c22-16-7-4-8-17(13-16)27-19-10-9-18-20(23-19)26-12-11-24(21(18)25)14-15-5-2-1-3-6-15/h1-10,13H,11-12,14H2. The van der Waals surface area contributed by atoms with Crippen LogP contribution in [0.2, 0.25) is 5.02 Å². The van der Waals surface area contributed by atoms with E-state index in [-0.39, 0.29) is 11.8 Å². The van der Waals surface area contributed by atoms with E-state index in [0.29, 0.717) is 41.9 Å². The van der Waals surface area contributed by atoms with Crippen LogP contribution in [0.4, 0.5) is 0 Å². The lowest BCUT2D eigenvalue weighted by Crippen LogP contribution is -2.31. The van der Waals surface area contributed by atoms with Gasteiger partial charge in [-0.2, -0.15) is 4.98 Å². The van der Waals surface area contributed by atoms with Crippen LogP contribution in [-0.4, -0.2) is 28.9 Å². The lowest BCUT2D eigenvalue weighted by Gasteiger charge is -2.19. The van der Waals surface area contributed by atoms with Crippen molar-refractivity contribution in [2.75, 3.05) is 13.2 Å². The van der Waals surface area contributed by atoms with Crippen molar-refractivity contribution in [3.63, 3.8) is 0 Å². The Morgan fingerprint density at radius 3 is 2.74 bits per heavy atom. The molecule has 1 aromatic heterocycles. The van der Waals surface area contributed by atoms with Gasteiger partial charge >= 0.3 is 0 Å². The van der Waals surface area contributed by atoms with Crippen molar-refractivity contribution in [3.8, 4) is 17.5 Å². The number of hydrogen-bond donors (Lipinski definition) is 0. The van der Waals surface area contributed by atoms with Crippen LogP contribution in [-0.2, 0) is 6.54 Å². The van der Waals surface area contributed by atoms with Crippen LogP contribution in [0.5, 0.6) is 17.5 Å². The molecule has 0 aliphatic carbocycles. The number of rotatable bonds is 4. The summed E-state index contributed by atoms with van der Waals surface area (Å²) >= 11 is 5.97. The zero-order valence-electron chi connectivity index (χ0n) is 14.5. The van der Waals surface area contributed by atoms with Crippen molar-refractivity contribution in [2.24, 2.45) is 0 Å². The highest BCUT2D eigenvalue weighted by atomic mass is 35.5. The molecule has 0 N–H and O–H groups in total. The molecule has 6 heteroatoms. The van der Waals surface area contributed by atoms with E-state index in [1.54, 1.807) is 41.3 Å². The first-order chi connectivity index (χ1) is 13.2. The first-order valence-corrected chi connectivity index (χ1v) is 8.97. The summed E-state index contributed by atoms with van der Waals surface area (Å²) in [6.45, 7) is 1.40. The second kappa shape index (κ2) is 7.68. The van der Waals surface area contributed by atoms with E-state index >= 15 is 0 Å². The monoisotopic (exact) mass is 380 g/mol. The SMILES string of the molecule is O=C1c2ccc(Oc3cccc(Cl)c3)nc2OCCN1Cc1ccccc1. The Bertz CT molecular complexity index is 963. The fourth-order valence-electron chi connectivity index (χ4n) is 2.88. The van der Waals surface area contributed by atoms with Crippen molar-refractivity contribution >= 4 is 17.5 Å². The predicted molar refractivity (Wildman–Crippen MR) is 102 cm³/mol. The van der Waals surface area contributed by atoms with E-state index in [0.717, 1.165) is 5.56 Å². The molecule has 0 spiro atoms. The molecule has 4 rings (SSSR count). The van der Waals surface area contributed by atoms with Crippen molar-refractivity contribution in [1.29, 1.82) is 0 Å². The van der Waals surface area contributed by atoms with Crippen molar-refractivity contribution in [3.05, 3.63) is 82.9 Å². The number of amides is 1. The van der Waals surface area contributed by atoms with Gasteiger partial charge in [0.05, 0.1) is 6.54 Å². The van der Waals surface area contributed by atoms with Gasteiger partial charge in [-0.1, -0.05) is 48.0 Å². The number of hydrogen-bond acceptors (Lipinski definition) is 4. The third kappa shape index (κ3) is 4.04. The molecule has 27 heavy (non-hydrogen) atoms. The van der Waals surface area contributed by atoms with Gasteiger partial charge in [0.1, 0.15) is 17.9 Å². The van der Waals surface area contributed by atoms with Gasteiger partial charge in [-0.3, -0.25) is 4.79 Å². The molecular weight excluding hydrogens is 364 g/mol. The van der Waals surface area contributed by atoms with E-state index in [2.05, 4.69) is 4.98 Å². The highest BCUT2D eigenvalue weighted by molar-refractivity contribution is 6.30. The molecular formula is C21H17ClN2O3. The Labute approximate surface area is 162 Å². The van der Waals surface area contributed by atoms with Gasteiger partial charge in [0.25, 0.3) is 5.91 Å². The second-order valence-corrected chi connectivity index (χ2v) is 6.56. The molecule has 0 radical (unpaired) electrons. The Hall–Kier alpha value is -3.05. The predicted octanol–water partition coefficient (Wildman–Crippen LogP) is 4.56. The molecule has 5 nitrogen and oxygen atoms in total. The van der Waals surface area contributed by atoms with Gasteiger partial charge in [-0.25, -0.2) is 0 Å². The number of ether oxygens (including phenoxy) is 2. The minimum Gasteiger partial charge on any atom is -0.475 e. The summed E-state index contributed by atoms with van der Waals surface area (Å²) in [6, 6.07) is 20.3. The molecule has 136 valence electrons. The van der Waals surface area contributed by atoms with Crippen LogP contribution in [0.15, 0.2) is 66.7 Å². The maximum absolute atomic E-state index is 12.9. The number of aromatic nitrogens is 1. The molecule has 1 aliphatic rings. The lowest BCUT2D eigenvalue weighted by atomic mass is 10.2. The minimum absolute atomic E-state index is 0.104. The summed E-state index contributed by atoms with van der Waals surface area (Å²) in [7, 11) is 0. The van der Waals surface area contributed by atoms with Gasteiger partial charge in [0.2, 0.25) is 11.8 Å². The Morgan fingerprint density at radius 2 is 1.93 bits per heavy atom. The average molecular weight is 381 g/mol. The molecule has 0 unspecified atom stereocenters. The average Bonchev–Trinajstić information content (AvgIpc) is 2.82. The van der Waals surface area contributed by atoms with Gasteiger partial charge in [0.15, 0.2) is 0 Å². The van der Waals surface area contributed by atoms with E-state index in [9.17, 15) is 4.79 Å². The summed E-state index contributed by atoms with van der Waals surface area (Å²) in [4.78, 5) is 19.0. The first kappa shape index (κ1) is 17.4. The van der Waals surface area contributed by atoms with Crippen molar-refractivity contribution < 1.29 is 14.3 Å². The maximum Gasteiger partial charge on any atom is 0.259 e. The molecule has 0 bridgehead atoms. The summed E-state index contributed by atoms with van der Waals surface area (Å²) in [5.74, 6) is 1.10.